The van der Waals surface area contributed by atoms with Gasteiger partial charge >= 0.3 is 0 Å². The van der Waals surface area contributed by atoms with Gasteiger partial charge in [-0.25, -0.2) is 10.5 Å². The normalized spacial score (nSPS) is 11.0. The highest BCUT2D eigenvalue weighted by Gasteiger charge is 2.25. The molecule has 9 rings (SSSR count). The van der Waals surface area contributed by atoms with Gasteiger partial charge in [0.15, 0.2) is 5.82 Å². The van der Waals surface area contributed by atoms with Gasteiger partial charge in [0.05, 0.1) is 39.8 Å². The molecule has 0 radical (unpaired) electrons. The summed E-state index contributed by atoms with van der Waals surface area (Å²) in [5.41, 5.74) is 6.09. The van der Waals surface area contributed by atoms with Crippen LogP contribution in [-0.2, 0) is 80.4 Å². The van der Waals surface area contributed by atoms with Crippen LogP contribution in [0.15, 0.2) is 116 Å². The molecule has 39 heteroatoms. The number of hydrogen-bond acceptors (Lipinski definition) is 17. The van der Waals surface area contributed by atoms with Gasteiger partial charge < -0.3 is 111 Å². The molecule has 0 fully saturated rings. The Hall–Kier alpha value is -14.1. The predicted molar refractivity (Wildman–Crippen MR) is 430 cm³/mol. The van der Waals surface area contributed by atoms with E-state index in [1.807, 2.05) is 19.0 Å². The van der Waals surface area contributed by atoms with E-state index in [9.17, 15) is 67.1 Å². The minimum Gasteiger partial charge on any atom is -0.356 e. The van der Waals surface area contributed by atoms with Gasteiger partial charge in [0, 0.05) is 175 Å². The van der Waals surface area contributed by atoms with Crippen LogP contribution in [0.4, 0.5) is 51.3 Å². The highest BCUT2D eigenvalue weighted by molar-refractivity contribution is 6.11. The van der Waals surface area contributed by atoms with Crippen molar-refractivity contribution in [3.8, 4) is 0 Å². The Morgan fingerprint density at radius 2 is 0.621 bits per heavy atom. The number of aryl methyl sites for hydroxylation is 8. The van der Waals surface area contributed by atoms with Crippen molar-refractivity contribution in [1.82, 2.24) is 73.2 Å². The minimum atomic E-state index is -0.663. The number of anilines is 9. The second-order valence-corrected chi connectivity index (χ2v) is 27.9. The molecule has 0 aliphatic rings. The van der Waals surface area contributed by atoms with Crippen molar-refractivity contribution in [2.75, 3.05) is 94.7 Å². The molecule has 116 heavy (non-hydrogen) atoms. The number of benzene rings is 1. The number of rotatable bonds is 39. The molecule has 0 spiro atoms. The van der Waals surface area contributed by atoms with Crippen LogP contribution in [0, 0.1) is 0 Å². The number of carbonyl (C=O) groups is 14. The first-order valence-corrected chi connectivity index (χ1v) is 37.0. The molecule has 0 aliphatic carbocycles. The Balaban J connectivity index is 0.646. The van der Waals surface area contributed by atoms with E-state index >= 15 is 0 Å². The Morgan fingerprint density at radius 1 is 0.302 bits per heavy atom. The highest BCUT2D eigenvalue weighted by atomic mass is 16.5. The number of imidazole rings is 1. The Bertz CT molecular complexity index is 5170. The van der Waals surface area contributed by atoms with E-state index in [1.165, 1.54) is 94.5 Å². The largest absolute Gasteiger partial charge is 0.356 e. The summed E-state index contributed by atoms with van der Waals surface area (Å²) >= 11 is 0. The fourth-order valence-electron chi connectivity index (χ4n) is 12.3. The van der Waals surface area contributed by atoms with Crippen molar-refractivity contribution >= 4 is 134 Å². The number of carbonyl (C=O) groups excluding carboxylic acids is 14. The van der Waals surface area contributed by atoms with E-state index in [1.54, 1.807) is 120 Å². The number of nitrogens with one attached hydrogen (secondary N) is 14. The molecule has 14 amide bonds. The molecule has 0 saturated carbocycles. The van der Waals surface area contributed by atoms with E-state index in [-0.39, 0.29) is 133 Å². The molecule has 0 aliphatic heterocycles. The summed E-state index contributed by atoms with van der Waals surface area (Å²) in [6.45, 7) is 1.41. The number of unbranched alkanes of at least 4 members (excludes halogenated alkanes) is 3. The number of amides is 14. The summed E-state index contributed by atoms with van der Waals surface area (Å²) in [4.78, 5) is 188. The molecule has 8 aromatic heterocycles. The van der Waals surface area contributed by atoms with Gasteiger partial charge in [-0.05, 0) is 113 Å². The number of aromatic nitrogens is 9. The first kappa shape index (κ1) is 85.9. The molecule has 0 saturated heterocycles. The second kappa shape index (κ2) is 39.9. The molecular formula is C77H96N24O15. The van der Waals surface area contributed by atoms with Gasteiger partial charge in [0.1, 0.15) is 39.9 Å². The lowest BCUT2D eigenvalue weighted by atomic mass is 10.1. The van der Waals surface area contributed by atoms with Crippen molar-refractivity contribution in [2.24, 2.45) is 56.4 Å². The maximum atomic E-state index is 13.6. The van der Waals surface area contributed by atoms with E-state index < -0.39 is 65.0 Å². The molecule has 9 aromatic rings. The van der Waals surface area contributed by atoms with E-state index in [0.717, 1.165) is 25.8 Å². The van der Waals surface area contributed by atoms with Crippen LogP contribution >= 0.6 is 0 Å². The van der Waals surface area contributed by atoms with Crippen LogP contribution in [0.1, 0.15) is 165 Å². The van der Waals surface area contributed by atoms with Crippen molar-refractivity contribution < 1.29 is 72.3 Å². The molecule has 1 aromatic carbocycles. The fourth-order valence-corrected chi connectivity index (χ4v) is 12.3. The molecule has 15 N–H and O–H groups in total. The molecule has 39 nitrogen and oxygen atoms in total. The average molecular weight is 1600 g/mol. The summed E-state index contributed by atoms with van der Waals surface area (Å²) in [6.07, 6.45) is 16.4. The lowest BCUT2D eigenvalue weighted by Crippen LogP contribution is -2.32. The van der Waals surface area contributed by atoms with Crippen LogP contribution in [0.2, 0.25) is 0 Å². The zero-order valence-electron chi connectivity index (χ0n) is 65.9. The monoisotopic (exact) mass is 1600 g/mol. The van der Waals surface area contributed by atoms with E-state index in [2.05, 4.69) is 74.1 Å². The molecule has 0 atom stereocenters. The van der Waals surface area contributed by atoms with Crippen molar-refractivity contribution in [3.05, 3.63) is 168 Å². The molecule has 0 unspecified atom stereocenters. The number of hydrogen-bond donors (Lipinski definition) is 15. The van der Waals surface area contributed by atoms with Crippen molar-refractivity contribution in [1.29, 1.82) is 0 Å². The lowest BCUT2D eigenvalue weighted by molar-refractivity contribution is -0.129. The summed E-state index contributed by atoms with van der Waals surface area (Å²) in [5.74, 6) is -6.46. The average Bonchev–Trinajstić information content (AvgIpc) is 1.67. The van der Waals surface area contributed by atoms with Gasteiger partial charge in [0.25, 0.3) is 53.2 Å². The third kappa shape index (κ3) is 24.2. The smallest absolute Gasteiger partial charge is 0.291 e. The Kier molecular flexibility index (Phi) is 29.5. The van der Waals surface area contributed by atoms with Crippen LogP contribution in [0.5, 0.6) is 0 Å². The first-order chi connectivity index (χ1) is 55.3. The standard InChI is InChI=1S/C77H96N24O15/c1-93(2)30-16-27-80-71(109)56-33-50(40-95(56)4)85-74(112)58-35-52(42-97(58)6)87-75(113)60-34-51(41-99(60)8)86-72(110)57-31-48(38-96(57)5)83-65(104)19-15-26-79-70(108)55-32-49(39-94(55)3)84-73(111)59-36-53(43-98(59)7)88-76(114)61-37-54(44-100(61)9)89-77(115)68-91-62(45-101(68)10)90-66(105)25-28-78-63(102)24-29-81-69(107)46-20-22-47(23-21-46)82-64(103)17-13-11-12-14-18-67(106)92-116/h20-23,31-45,116H,11-19,24-30H2,1-10H3,(H,78,102)(H,79,108)(H,80,109)(H,81,107)(H,82,103)(H,83,104)(H,84,111)(H,85,112)(H,86,110)(H,87,113)(H,88,114)(H,89,115)(H,90,105)(H,92,106). The summed E-state index contributed by atoms with van der Waals surface area (Å²) in [7, 11) is 16.9. The number of hydroxylamine groups is 1. The van der Waals surface area contributed by atoms with Gasteiger partial charge in [-0.2, -0.15) is 0 Å². The highest BCUT2D eigenvalue weighted by Crippen LogP contribution is 2.25. The van der Waals surface area contributed by atoms with Gasteiger partial charge in [-0.1, -0.05) is 12.8 Å². The van der Waals surface area contributed by atoms with Crippen molar-refractivity contribution in [3.63, 3.8) is 0 Å². The molecule has 8 heterocycles. The van der Waals surface area contributed by atoms with Crippen LogP contribution < -0.4 is 74.6 Å². The maximum Gasteiger partial charge on any atom is 0.291 e. The zero-order valence-corrected chi connectivity index (χ0v) is 65.9. The van der Waals surface area contributed by atoms with Crippen LogP contribution in [0.25, 0.3) is 0 Å². The Labute approximate surface area is 666 Å². The molecule has 0 bridgehead atoms. The third-order valence-electron chi connectivity index (χ3n) is 18.2. The maximum absolute atomic E-state index is 13.6. The third-order valence-corrected chi connectivity index (χ3v) is 18.2. The number of nitrogens with zero attached hydrogens (tertiary/aromatic N) is 10. The van der Waals surface area contributed by atoms with Crippen LogP contribution in [0.3, 0.4) is 0 Å². The quantitative estimate of drug-likeness (QED) is 0.0134. The van der Waals surface area contributed by atoms with Gasteiger partial charge in [-0.15, -0.1) is 0 Å². The fraction of sp³-hybridized carbons (Fsp3) is 0.338. The van der Waals surface area contributed by atoms with E-state index in [4.69, 9.17) is 5.21 Å². The van der Waals surface area contributed by atoms with E-state index in [0.29, 0.717) is 64.8 Å². The SMILES string of the molecule is CN(C)CCCNC(=O)c1cc(NC(=O)c2cc(NC(=O)c3cc(NC(=O)c4cc(NC(=O)CCCNC(=O)c5cc(NC(=O)c6cc(NC(=O)c7cc(NC(=O)c8nc(NC(=O)CCNC(=O)CCNC(=O)c9ccc(NC(=O)CCCCCCC(=O)NO)cc9)cn8C)cn7C)cn6C)cn5C)cn4C)cn3C)cn2C)cn1C. The second-order valence-electron chi connectivity index (χ2n) is 27.9. The van der Waals surface area contributed by atoms with Crippen molar-refractivity contribution in [2.45, 2.75) is 70.6 Å². The van der Waals surface area contributed by atoms with Crippen LogP contribution in [-0.4, -0.2) is 181 Å². The molecular weight excluding hydrogens is 1500 g/mol. The Morgan fingerprint density at radius 3 is 1.02 bits per heavy atom. The van der Waals surface area contributed by atoms with Gasteiger partial charge in [-0.3, -0.25) is 72.3 Å². The first-order valence-electron chi connectivity index (χ1n) is 37.0. The van der Waals surface area contributed by atoms with Gasteiger partial charge in [0.2, 0.25) is 35.4 Å². The molecule has 614 valence electrons. The summed E-state index contributed by atoms with van der Waals surface area (Å²) in [6, 6.07) is 16.7. The topological polar surface area (TPSA) is 483 Å². The summed E-state index contributed by atoms with van der Waals surface area (Å²) < 4.78 is 12.1. The minimum absolute atomic E-state index is 0.00899. The zero-order chi connectivity index (χ0) is 84.0. The summed E-state index contributed by atoms with van der Waals surface area (Å²) in [5, 5.41) is 44.3. The lowest BCUT2D eigenvalue weighted by Gasteiger charge is -2.10. The predicted octanol–water partition coefficient (Wildman–Crippen LogP) is 5.18.